The van der Waals surface area contributed by atoms with Gasteiger partial charge in [0.1, 0.15) is 0 Å². The molecule has 0 fully saturated rings. The number of hydrogen-bond donors (Lipinski definition) is 4. The molecule has 0 atom stereocenters. The van der Waals surface area contributed by atoms with Crippen LogP contribution < -0.4 is 21.3 Å². The van der Waals surface area contributed by atoms with Crippen molar-refractivity contribution in [3.63, 3.8) is 0 Å². The smallest absolute Gasteiger partial charge is 0.253 e. The van der Waals surface area contributed by atoms with Crippen LogP contribution in [0.25, 0.3) is 0 Å². The molecule has 0 aliphatic heterocycles. The van der Waals surface area contributed by atoms with Gasteiger partial charge in [-0.1, -0.05) is 6.07 Å². The van der Waals surface area contributed by atoms with Crippen molar-refractivity contribution in [3.05, 3.63) is 29.3 Å². The van der Waals surface area contributed by atoms with Crippen LogP contribution in [0.5, 0.6) is 0 Å². The summed E-state index contributed by atoms with van der Waals surface area (Å²) in [6.07, 6.45) is 0. The zero-order chi connectivity index (χ0) is 14.5. The monoisotopic (exact) mass is 286 g/mol. The largest absolute Gasteiger partial charge is 0.351 e. The van der Waals surface area contributed by atoms with Crippen LogP contribution in [0.2, 0.25) is 0 Å². The zero-order valence-electron chi connectivity index (χ0n) is 10.9. The quantitative estimate of drug-likeness (QED) is 0.418. The molecule has 0 aliphatic rings. The second-order valence-corrected chi connectivity index (χ2v) is 6.02. The Kier molecular flexibility index (Phi) is 5.28. The van der Waals surface area contributed by atoms with Crippen molar-refractivity contribution in [3.8, 4) is 0 Å². The lowest BCUT2D eigenvalue weighted by molar-refractivity contribution is 0.0957. The second-order valence-electron chi connectivity index (χ2n) is 3.97. The highest BCUT2D eigenvalue weighted by atomic mass is 32.2. The highest BCUT2D eigenvalue weighted by Gasteiger charge is 2.12. The summed E-state index contributed by atoms with van der Waals surface area (Å²) in [5, 5.41) is 2.53. The Morgan fingerprint density at radius 1 is 1.37 bits per heavy atom. The summed E-state index contributed by atoms with van der Waals surface area (Å²) in [5.74, 6) is 4.79. The van der Waals surface area contributed by atoms with Crippen LogP contribution in [0.3, 0.4) is 0 Å². The molecule has 0 unspecified atom stereocenters. The topological polar surface area (TPSA) is 113 Å². The Labute approximate surface area is 112 Å². The van der Waals surface area contributed by atoms with E-state index >= 15 is 0 Å². The number of hydrogen-bond acceptors (Lipinski definition) is 5. The average molecular weight is 286 g/mol. The summed E-state index contributed by atoms with van der Waals surface area (Å²) in [4.78, 5) is 11.9. The summed E-state index contributed by atoms with van der Waals surface area (Å²) in [6, 6.07) is 5.14. The Balaban J connectivity index is 2.69. The van der Waals surface area contributed by atoms with Crippen LogP contribution in [0, 0.1) is 6.92 Å². The molecule has 1 aromatic carbocycles. The Hall–Kier alpha value is -1.64. The second kappa shape index (κ2) is 6.50. The van der Waals surface area contributed by atoms with E-state index in [0.717, 1.165) is 5.56 Å². The highest BCUT2D eigenvalue weighted by molar-refractivity contribution is 7.89. The Morgan fingerprint density at radius 3 is 2.63 bits per heavy atom. The number of nitrogens with two attached hydrogens (primary N) is 1. The van der Waals surface area contributed by atoms with Gasteiger partial charge in [-0.25, -0.2) is 13.1 Å². The van der Waals surface area contributed by atoms with Crippen molar-refractivity contribution < 1.29 is 13.2 Å². The Morgan fingerprint density at radius 2 is 2.05 bits per heavy atom. The standard InChI is InChI=1S/C11H18N4O3S/c1-8-3-4-9(10(7-8)15-12)11(16)14-5-6-19(17,18)13-2/h3-4,7,13,15H,5-6,12H2,1-2H3,(H,14,16). The molecule has 0 aliphatic carbocycles. The number of carbonyl (C=O) groups excluding carboxylic acids is 1. The third kappa shape index (κ3) is 4.51. The van der Waals surface area contributed by atoms with E-state index < -0.39 is 10.0 Å². The molecule has 106 valence electrons. The molecular weight excluding hydrogens is 268 g/mol. The van der Waals surface area contributed by atoms with Gasteiger partial charge in [0.15, 0.2) is 0 Å². The third-order valence-corrected chi connectivity index (χ3v) is 3.91. The van der Waals surface area contributed by atoms with Crippen LogP contribution in [-0.2, 0) is 10.0 Å². The molecule has 0 heterocycles. The van der Waals surface area contributed by atoms with Crippen molar-refractivity contribution in [2.24, 2.45) is 5.84 Å². The predicted molar refractivity (Wildman–Crippen MR) is 74.2 cm³/mol. The lowest BCUT2D eigenvalue weighted by Crippen LogP contribution is -2.33. The van der Waals surface area contributed by atoms with Crippen LogP contribution in [0.15, 0.2) is 18.2 Å². The van der Waals surface area contributed by atoms with Gasteiger partial charge in [0.05, 0.1) is 17.0 Å². The molecular formula is C11H18N4O3S. The van der Waals surface area contributed by atoms with E-state index in [1.165, 1.54) is 7.05 Å². The average Bonchev–Trinajstić information content (AvgIpc) is 2.38. The van der Waals surface area contributed by atoms with Crippen molar-refractivity contribution in [1.29, 1.82) is 0 Å². The van der Waals surface area contributed by atoms with Gasteiger partial charge in [-0.2, -0.15) is 0 Å². The van der Waals surface area contributed by atoms with Gasteiger partial charge in [0, 0.05) is 6.54 Å². The molecule has 0 saturated carbocycles. The first kappa shape index (κ1) is 15.4. The maximum atomic E-state index is 11.9. The van der Waals surface area contributed by atoms with Gasteiger partial charge in [0.2, 0.25) is 10.0 Å². The molecule has 1 amide bonds. The molecule has 1 rings (SSSR count). The van der Waals surface area contributed by atoms with Crippen molar-refractivity contribution in [2.75, 3.05) is 24.8 Å². The van der Waals surface area contributed by atoms with Crippen molar-refractivity contribution >= 4 is 21.6 Å². The zero-order valence-corrected chi connectivity index (χ0v) is 11.7. The molecule has 0 bridgehead atoms. The molecule has 0 spiro atoms. The number of anilines is 1. The van der Waals surface area contributed by atoms with E-state index in [1.54, 1.807) is 18.2 Å². The van der Waals surface area contributed by atoms with Crippen LogP contribution >= 0.6 is 0 Å². The summed E-state index contributed by atoms with van der Waals surface area (Å²) < 4.78 is 24.6. The number of nitrogens with one attached hydrogen (secondary N) is 3. The number of hydrazine groups is 1. The first-order valence-electron chi connectivity index (χ1n) is 5.66. The van der Waals surface area contributed by atoms with E-state index in [2.05, 4.69) is 15.5 Å². The molecule has 0 saturated heterocycles. The molecule has 1 aromatic rings. The van der Waals surface area contributed by atoms with E-state index in [0.29, 0.717) is 11.3 Å². The fraction of sp³-hybridized carbons (Fsp3) is 0.364. The summed E-state index contributed by atoms with van der Waals surface area (Å²) in [5.41, 5.74) is 4.27. The minimum Gasteiger partial charge on any atom is -0.351 e. The lowest BCUT2D eigenvalue weighted by atomic mass is 10.1. The van der Waals surface area contributed by atoms with Gasteiger partial charge < -0.3 is 10.7 Å². The fourth-order valence-corrected chi connectivity index (χ4v) is 2.05. The Bertz CT molecular complexity index is 557. The van der Waals surface area contributed by atoms with Crippen molar-refractivity contribution in [1.82, 2.24) is 10.0 Å². The van der Waals surface area contributed by atoms with Crippen LogP contribution in [0.1, 0.15) is 15.9 Å². The minimum atomic E-state index is -3.32. The lowest BCUT2D eigenvalue weighted by Gasteiger charge is -2.10. The van der Waals surface area contributed by atoms with E-state index in [9.17, 15) is 13.2 Å². The summed E-state index contributed by atoms with van der Waals surface area (Å²) in [7, 11) is -2.00. The van der Waals surface area contributed by atoms with Gasteiger partial charge in [-0.3, -0.25) is 10.6 Å². The molecule has 7 nitrogen and oxygen atoms in total. The number of benzene rings is 1. The molecule has 19 heavy (non-hydrogen) atoms. The predicted octanol–water partition coefficient (Wildman–Crippen LogP) is -0.440. The SMILES string of the molecule is CNS(=O)(=O)CCNC(=O)c1ccc(C)cc1NN. The maximum absolute atomic E-state index is 11.9. The van der Waals surface area contributed by atoms with Gasteiger partial charge in [-0.15, -0.1) is 0 Å². The number of aryl methyl sites for hydroxylation is 1. The molecule has 0 radical (unpaired) electrons. The van der Waals surface area contributed by atoms with E-state index in [-0.39, 0.29) is 18.2 Å². The normalized spacial score (nSPS) is 11.1. The maximum Gasteiger partial charge on any atom is 0.253 e. The van der Waals surface area contributed by atoms with Crippen molar-refractivity contribution in [2.45, 2.75) is 6.92 Å². The third-order valence-electron chi connectivity index (χ3n) is 2.54. The minimum absolute atomic E-state index is 0.0277. The highest BCUT2D eigenvalue weighted by Crippen LogP contribution is 2.16. The van der Waals surface area contributed by atoms with E-state index in [4.69, 9.17) is 5.84 Å². The summed E-state index contributed by atoms with van der Waals surface area (Å²) >= 11 is 0. The van der Waals surface area contributed by atoms with Crippen LogP contribution in [-0.4, -0.2) is 33.7 Å². The number of amides is 1. The number of nitrogen functional groups attached to an aromatic ring is 1. The van der Waals surface area contributed by atoms with Gasteiger partial charge in [0.25, 0.3) is 5.91 Å². The first-order valence-corrected chi connectivity index (χ1v) is 7.31. The van der Waals surface area contributed by atoms with Gasteiger partial charge in [-0.05, 0) is 31.7 Å². The fourth-order valence-electron chi connectivity index (χ4n) is 1.47. The molecule has 0 aromatic heterocycles. The van der Waals surface area contributed by atoms with Gasteiger partial charge >= 0.3 is 0 Å². The molecule has 8 heteroatoms. The number of rotatable bonds is 6. The first-order chi connectivity index (χ1) is 8.89. The number of sulfonamides is 1. The molecule has 5 N–H and O–H groups in total. The van der Waals surface area contributed by atoms with Crippen LogP contribution in [0.4, 0.5) is 5.69 Å². The van der Waals surface area contributed by atoms with E-state index in [1.807, 2.05) is 6.92 Å². The summed E-state index contributed by atoms with van der Waals surface area (Å²) in [6.45, 7) is 1.90. The number of carbonyl (C=O) groups is 1.